The number of rotatable bonds is 7. The summed E-state index contributed by atoms with van der Waals surface area (Å²) in [6.07, 6.45) is -0.641. The lowest BCUT2D eigenvalue weighted by Gasteiger charge is -2.26. The third-order valence-corrected chi connectivity index (χ3v) is 5.47. The highest BCUT2D eigenvalue weighted by Gasteiger charge is 2.51. The van der Waals surface area contributed by atoms with E-state index in [1.807, 2.05) is 19.1 Å². The molecule has 1 saturated heterocycles. The second-order valence-corrected chi connectivity index (χ2v) is 7.88. The van der Waals surface area contributed by atoms with Crippen molar-refractivity contribution in [3.63, 3.8) is 0 Å². The Hall–Kier alpha value is -2.09. The van der Waals surface area contributed by atoms with Crippen LogP contribution in [0.4, 0.5) is 4.79 Å². The summed E-state index contributed by atoms with van der Waals surface area (Å²) >= 11 is 9.27. The Morgan fingerprint density at radius 3 is 2.43 bits per heavy atom. The van der Waals surface area contributed by atoms with E-state index in [2.05, 4.69) is 21.2 Å². The molecule has 1 aliphatic heterocycles. The molecule has 3 amide bonds. The molecule has 1 aliphatic rings. The Morgan fingerprint density at radius 1 is 1.18 bits per heavy atom. The molecule has 2 N–H and O–H groups in total. The number of benzene rings is 2. The zero-order valence-electron chi connectivity index (χ0n) is 15.2. The van der Waals surface area contributed by atoms with Gasteiger partial charge in [0.1, 0.15) is 24.0 Å². The third-order valence-electron chi connectivity index (χ3n) is 4.69. The van der Waals surface area contributed by atoms with E-state index in [0.29, 0.717) is 22.8 Å². The van der Waals surface area contributed by atoms with E-state index in [1.165, 1.54) is 0 Å². The minimum atomic E-state index is -1.16. The van der Waals surface area contributed by atoms with Gasteiger partial charge in [0.05, 0.1) is 6.54 Å². The number of ether oxygens (including phenoxy) is 1. The standard InChI is InChI=1S/C20H20BrClN2O4/c1-2-20(13-3-7-15(22)8-4-13)18(26)24(19(27)23-20)11-16(25)12-28-17-9-5-14(21)6-10-17/h3-10,16,25H,2,11-12H2,1H3,(H,23,27). The molecule has 1 fully saturated rings. The van der Waals surface area contributed by atoms with Crippen LogP contribution in [0.25, 0.3) is 0 Å². The number of aliphatic hydroxyl groups is 1. The van der Waals surface area contributed by atoms with Crippen LogP contribution in [0.2, 0.25) is 5.02 Å². The fourth-order valence-electron chi connectivity index (χ4n) is 3.15. The number of carbonyl (C=O) groups excluding carboxylic acids is 2. The molecule has 0 spiro atoms. The summed E-state index contributed by atoms with van der Waals surface area (Å²) in [6.45, 7) is 1.62. The van der Waals surface area contributed by atoms with E-state index >= 15 is 0 Å². The minimum absolute atomic E-state index is 0.0429. The number of aliphatic hydroxyl groups excluding tert-OH is 1. The molecule has 6 nitrogen and oxygen atoms in total. The van der Waals surface area contributed by atoms with Crippen molar-refractivity contribution in [1.82, 2.24) is 10.2 Å². The minimum Gasteiger partial charge on any atom is -0.491 e. The number of imide groups is 1. The van der Waals surface area contributed by atoms with Crippen LogP contribution in [-0.4, -0.2) is 41.2 Å². The fraction of sp³-hybridized carbons (Fsp3) is 0.300. The number of urea groups is 1. The Morgan fingerprint density at radius 2 is 1.82 bits per heavy atom. The molecule has 0 aliphatic carbocycles. The first-order chi connectivity index (χ1) is 13.4. The number of nitrogens with one attached hydrogen (secondary N) is 1. The van der Waals surface area contributed by atoms with E-state index in [4.69, 9.17) is 16.3 Å². The predicted molar refractivity (Wildman–Crippen MR) is 109 cm³/mol. The Labute approximate surface area is 176 Å². The van der Waals surface area contributed by atoms with Crippen LogP contribution in [-0.2, 0) is 10.3 Å². The molecule has 0 saturated carbocycles. The Balaban J connectivity index is 1.68. The highest BCUT2D eigenvalue weighted by Crippen LogP contribution is 2.33. The summed E-state index contributed by atoms with van der Waals surface area (Å²) in [6, 6.07) is 13.4. The number of hydrogen-bond donors (Lipinski definition) is 2. The summed E-state index contributed by atoms with van der Waals surface area (Å²) < 4.78 is 6.44. The molecule has 2 aromatic rings. The number of nitrogens with zero attached hydrogens (tertiary/aromatic N) is 1. The van der Waals surface area contributed by atoms with E-state index in [1.54, 1.807) is 36.4 Å². The number of β-amino-alcohol motifs (C(OH)–C–C–N with tert-alkyl or cyclic N) is 1. The van der Waals surface area contributed by atoms with Gasteiger partial charge in [-0.15, -0.1) is 0 Å². The molecule has 148 valence electrons. The predicted octanol–water partition coefficient (Wildman–Crippen LogP) is 3.70. The van der Waals surface area contributed by atoms with Crippen LogP contribution in [0.3, 0.4) is 0 Å². The molecule has 3 rings (SSSR count). The van der Waals surface area contributed by atoms with Gasteiger partial charge < -0.3 is 15.2 Å². The summed E-state index contributed by atoms with van der Waals surface area (Å²) in [7, 11) is 0. The first kappa shape index (κ1) is 20.6. The summed E-state index contributed by atoms with van der Waals surface area (Å²) in [4.78, 5) is 26.5. The van der Waals surface area contributed by atoms with Gasteiger partial charge in [-0.2, -0.15) is 0 Å². The molecule has 8 heteroatoms. The average Bonchev–Trinajstić information content (AvgIpc) is 2.93. The SMILES string of the molecule is CCC1(c2ccc(Cl)cc2)NC(=O)N(CC(O)COc2ccc(Br)cc2)C1=O. The molecule has 2 atom stereocenters. The monoisotopic (exact) mass is 466 g/mol. The van der Waals surface area contributed by atoms with Crippen molar-refractivity contribution in [3.8, 4) is 5.75 Å². The topological polar surface area (TPSA) is 78.9 Å². The van der Waals surface area contributed by atoms with Crippen molar-refractivity contribution in [3.05, 3.63) is 63.6 Å². The van der Waals surface area contributed by atoms with E-state index < -0.39 is 23.6 Å². The molecular formula is C20H20BrClN2O4. The zero-order valence-corrected chi connectivity index (χ0v) is 17.5. The van der Waals surface area contributed by atoms with Crippen molar-refractivity contribution in [1.29, 1.82) is 0 Å². The smallest absolute Gasteiger partial charge is 0.325 e. The maximum atomic E-state index is 13.1. The van der Waals surface area contributed by atoms with Crippen molar-refractivity contribution in [2.75, 3.05) is 13.2 Å². The lowest BCUT2D eigenvalue weighted by atomic mass is 9.87. The maximum absolute atomic E-state index is 13.1. The second-order valence-electron chi connectivity index (χ2n) is 6.53. The molecule has 2 unspecified atom stereocenters. The second kappa shape index (κ2) is 8.51. The van der Waals surface area contributed by atoms with Gasteiger partial charge >= 0.3 is 6.03 Å². The van der Waals surface area contributed by atoms with Crippen molar-refractivity contribution in [2.24, 2.45) is 0 Å². The van der Waals surface area contributed by atoms with Gasteiger partial charge in [-0.3, -0.25) is 9.69 Å². The Bertz CT molecular complexity index is 860. The highest BCUT2D eigenvalue weighted by atomic mass is 79.9. The fourth-order valence-corrected chi connectivity index (χ4v) is 3.54. The molecule has 0 radical (unpaired) electrons. The molecule has 2 aromatic carbocycles. The van der Waals surface area contributed by atoms with Crippen molar-refractivity contribution < 1.29 is 19.4 Å². The quantitative estimate of drug-likeness (QED) is 0.609. The number of carbonyl (C=O) groups is 2. The lowest BCUT2D eigenvalue weighted by molar-refractivity contribution is -0.132. The summed E-state index contributed by atoms with van der Waals surface area (Å²) in [5.74, 6) is 0.188. The van der Waals surface area contributed by atoms with Crippen LogP contribution >= 0.6 is 27.5 Å². The van der Waals surface area contributed by atoms with E-state index in [9.17, 15) is 14.7 Å². The van der Waals surface area contributed by atoms with Gasteiger partial charge in [-0.1, -0.05) is 46.6 Å². The molecular weight excluding hydrogens is 448 g/mol. The summed E-state index contributed by atoms with van der Waals surface area (Å²) in [5, 5.41) is 13.6. The van der Waals surface area contributed by atoms with Gasteiger partial charge in [0.25, 0.3) is 5.91 Å². The van der Waals surface area contributed by atoms with Crippen LogP contribution in [0.5, 0.6) is 5.75 Å². The molecule has 28 heavy (non-hydrogen) atoms. The summed E-state index contributed by atoms with van der Waals surface area (Å²) in [5.41, 5.74) is -0.505. The van der Waals surface area contributed by atoms with E-state index in [0.717, 1.165) is 9.37 Å². The Kier molecular flexibility index (Phi) is 6.27. The zero-order chi connectivity index (χ0) is 20.3. The van der Waals surface area contributed by atoms with Gasteiger partial charge in [0, 0.05) is 9.50 Å². The van der Waals surface area contributed by atoms with Crippen LogP contribution in [0.1, 0.15) is 18.9 Å². The average molecular weight is 468 g/mol. The number of halogens is 2. The van der Waals surface area contributed by atoms with Gasteiger partial charge in [-0.25, -0.2) is 4.79 Å². The van der Waals surface area contributed by atoms with Gasteiger partial charge in [-0.05, 0) is 48.4 Å². The lowest BCUT2D eigenvalue weighted by Crippen LogP contribution is -2.44. The molecule has 0 bridgehead atoms. The van der Waals surface area contributed by atoms with Gasteiger partial charge in [0.15, 0.2) is 0 Å². The van der Waals surface area contributed by atoms with Gasteiger partial charge in [0.2, 0.25) is 0 Å². The van der Waals surface area contributed by atoms with Crippen LogP contribution < -0.4 is 10.1 Å². The molecule has 0 aromatic heterocycles. The first-order valence-electron chi connectivity index (χ1n) is 8.82. The normalized spacial score (nSPS) is 20.2. The van der Waals surface area contributed by atoms with Crippen LogP contribution in [0.15, 0.2) is 53.0 Å². The van der Waals surface area contributed by atoms with Crippen molar-refractivity contribution >= 4 is 39.5 Å². The highest BCUT2D eigenvalue weighted by molar-refractivity contribution is 9.10. The number of amides is 3. The van der Waals surface area contributed by atoms with E-state index in [-0.39, 0.29) is 13.2 Å². The largest absolute Gasteiger partial charge is 0.491 e. The van der Waals surface area contributed by atoms with Crippen LogP contribution in [0, 0.1) is 0 Å². The first-order valence-corrected chi connectivity index (χ1v) is 9.99. The third kappa shape index (κ3) is 4.16. The van der Waals surface area contributed by atoms with Crippen molar-refractivity contribution in [2.45, 2.75) is 25.0 Å². The maximum Gasteiger partial charge on any atom is 0.325 e. The molecule has 1 heterocycles. The number of hydrogen-bond acceptors (Lipinski definition) is 4.